The van der Waals surface area contributed by atoms with Gasteiger partial charge in [-0.1, -0.05) is 24.6 Å². The van der Waals surface area contributed by atoms with Crippen LogP contribution in [0, 0.1) is 0 Å². The number of hydrogen-bond acceptors (Lipinski definition) is 6. The minimum absolute atomic E-state index is 0.0871. The van der Waals surface area contributed by atoms with Gasteiger partial charge in [0.15, 0.2) is 17.3 Å². The first-order chi connectivity index (χ1) is 13.7. The van der Waals surface area contributed by atoms with E-state index in [0.717, 1.165) is 41.7 Å². The van der Waals surface area contributed by atoms with Crippen molar-refractivity contribution in [2.75, 3.05) is 20.3 Å². The van der Waals surface area contributed by atoms with Crippen LogP contribution in [0.4, 0.5) is 0 Å². The zero-order chi connectivity index (χ0) is 19.5. The molecule has 146 valence electrons. The predicted octanol–water partition coefficient (Wildman–Crippen LogP) is 4.84. The molecular formula is C22H23NO5. The summed E-state index contributed by atoms with van der Waals surface area (Å²) < 4.78 is 22.4. The van der Waals surface area contributed by atoms with Crippen molar-refractivity contribution >= 4 is 0 Å². The summed E-state index contributed by atoms with van der Waals surface area (Å²) >= 11 is 0. The Labute approximate surface area is 163 Å². The summed E-state index contributed by atoms with van der Waals surface area (Å²) in [5.41, 5.74) is 3.26. The van der Waals surface area contributed by atoms with Gasteiger partial charge < -0.3 is 23.8 Å². The highest BCUT2D eigenvalue weighted by Gasteiger charge is 2.20. The molecule has 2 aromatic carbocycles. The molecule has 0 atom stereocenters. The van der Waals surface area contributed by atoms with E-state index in [1.807, 2.05) is 24.3 Å². The normalized spacial score (nSPS) is 13.2. The number of aryl methyl sites for hydroxylation is 1. The van der Waals surface area contributed by atoms with Crippen molar-refractivity contribution in [2.24, 2.45) is 0 Å². The number of phenols is 1. The Kier molecular flexibility index (Phi) is 5.10. The van der Waals surface area contributed by atoms with Gasteiger partial charge in [-0.15, -0.1) is 0 Å². The van der Waals surface area contributed by atoms with Crippen molar-refractivity contribution in [3.05, 3.63) is 42.1 Å². The lowest BCUT2D eigenvalue weighted by Crippen LogP contribution is -1.97. The van der Waals surface area contributed by atoms with Gasteiger partial charge in [0.05, 0.1) is 32.1 Å². The second kappa shape index (κ2) is 7.84. The van der Waals surface area contributed by atoms with Crippen molar-refractivity contribution < 1.29 is 23.8 Å². The minimum Gasteiger partial charge on any atom is -0.507 e. The number of aromatic nitrogens is 1. The molecule has 6 heteroatoms. The highest BCUT2D eigenvalue weighted by Crippen LogP contribution is 2.42. The fraction of sp³-hybridized carbons (Fsp3) is 0.318. The second-order valence-electron chi connectivity index (χ2n) is 6.71. The topological polar surface area (TPSA) is 74.0 Å². The highest BCUT2D eigenvalue weighted by atomic mass is 16.5. The third-order valence-electron chi connectivity index (χ3n) is 4.79. The quantitative estimate of drug-likeness (QED) is 0.682. The Morgan fingerprint density at radius 2 is 1.89 bits per heavy atom. The van der Waals surface area contributed by atoms with Gasteiger partial charge in [0, 0.05) is 18.1 Å². The first-order valence-electron chi connectivity index (χ1n) is 9.46. The molecule has 1 N–H and O–H groups in total. The first-order valence-corrected chi connectivity index (χ1v) is 9.46. The average molecular weight is 381 g/mol. The molecule has 28 heavy (non-hydrogen) atoms. The third kappa shape index (κ3) is 3.38. The zero-order valence-electron chi connectivity index (χ0n) is 16.0. The summed E-state index contributed by atoms with van der Waals surface area (Å²) in [6, 6.07) is 9.29. The highest BCUT2D eigenvalue weighted by molar-refractivity contribution is 5.83. The molecule has 1 aliphatic rings. The van der Waals surface area contributed by atoms with E-state index >= 15 is 0 Å². The zero-order valence-corrected chi connectivity index (χ0v) is 16.0. The molecule has 6 nitrogen and oxygen atoms in total. The predicted molar refractivity (Wildman–Crippen MR) is 105 cm³/mol. The van der Waals surface area contributed by atoms with Crippen molar-refractivity contribution in [2.45, 2.75) is 26.2 Å². The van der Waals surface area contributed by atoms with Crippen LogP contribution in [-0.2, 0) is 6.42 Å². The van der Waals surface area contributed by atoms with E-state index in [1.54, 1.807) is 19.4 Å². The smallest absolute Gasteiger partial charge is 0.178 e. The van der Waals surface area contributed by atoms with E-state index in [2.05, 4.69) is 12.1 Å². The SMILES string of the molecule is CCCc1cc(-c2oncc2-c2ccc3c(c2)OCCCO3)c(O)cc1OC. The molecule has 0 aliphatic carbocycles. The van der Waals surface area contributed by atoms with Gasteiger partial charge in [-0.05, 0) is 35.7 Å². The monoisotopic (exact) mass is 381 g/mol. The molecule has 1 aromatic heterocycles. The number of fused-ring (bicyclic) bond motifs is 1. The Bertz CT molecular complexity index is 979. The molecule has 0 radical (unpaired) electrons. The van der Waals surface area contributed by atoms with E-state index in [4.69, 9.17) is 18.7 Å². The Hall–Kier alpha value is -3.15. The number of rotatable bonds is 5. The van der Waals surface area contributed by atoms with Gasteiger partial charge in [-0.2, -0.15) is 0 Å². The summed E-state index contributed by atoms with van der Waals surface area (Å²) in [6.07, 6.45) is 4.30. The van der Waals surface area contributed by atoms with E-state index in [9.17, 15) is 5.11 Å². The van der Waals surface area contributed by atoms with Gasteiger partial charge in [-0.3, -0.25) is 0 Å². The van der Waals surface area contributed by atoms with Crippen molar-refractivity contribution in [3.8, 4) is 45.4 Å². The van der Waals surface area contributed by atoms with Gasteiger partial charge >= 0.3 is 0 Å². The summed E-state index contributed by atoms with van der Waals surface area (Å²) in [4.78, 5) is 0. The molecule has 3 aromatic rings. The average Bonchev–Trinajstić information content (AvgIpc) is 3.07. The van der Waals surface area contributed by atoms with E-state index < -0.39 is 0 Å². The van der Waals surface area contributed by atoms with E-state index in [0.29, 0.717) is 36.0 Å². The molecule has 4 rings (SSSR count). The fourth-order valence-electron chi connectivity index (χ4n) is 3.42. The Morgan fingerprint density at radius 3 is 2.68 bits per heavy atom. The first kappa shape index (κ1) is 18.2. The molecule has 2 heterocycles. The van der Waals surface area contributed by atoms with Crippen molar-refractivity contribution in [1.82, 2.24) is 5.16 Å². The van der Waals surface area contributed by atoms with Gasteiger partial charge in [-0.25, -0.2) is 0 Å². The van der Waals surface area contributed by atoms with Crippen LogP contribution in [0.25, 0.3) is 22.5 Å². The number of benzene rings is 2. The van der Waals surface area contributed by atoms with Gasteiger partial charge in [0.2, 0.25) is 0 Å². The second-order valence-corrected chi connectivity index (χ2v) is 6.71. The Balaban J connectivity index is 1.78. The summed E-state index contributed by atoms with van der Waals surface area (Å²) in [7, 11) is 1.60. The lowest BCUT2D eigenvalue weighted by atomic mass is 9.98. The number of methoxy groups -OCH3 is 1. The van der Waals surface area contributed by atoms with E-state index in [-0.39, 0.29) is 5.75 Å². The number of ether oxygens (including phenoxy) is 3. The van der Waals surface area contributed by atoms with Gasteiger partial charge in [0.25, 0.3) is 0 Å². The summed E-state index contributed by atoms with van der Waals surface area (Å²) in [5.74, 6) is 2.69. The van der Waals surface area contributed by atoms with Gasteiger partial charge in [0.1, 0.15) is 11.5 Å². The van der Waals surface area contributed by atoms with Crippen LogP contribution in [0.3, 0.4) is 0 Å². The van der Waals surface area contributed by atoms with Crippen LogP contribution in [0.2, 0.25) is 0 Å². The van der Waals surface area contributed by atoms with Crippen LogP contribution in [0.15, 0.2) is 41.1 Å². The minimum atomic E-state index is 0.0871. The van der Waals surface area contributed by atoms with Crippen LogP contribution in [0.1, 0.15) is 25.3 Å². The fourth-order valence-corrected chi connectivity index (χ4v) is 3.42. The molecule has 0 amide bonds. The largest absolute Gasteiger partial charge is 0.507 e. The standard InChI is InChI=1S/C22H23NO5/c1-3-5-15-10-16(18(24)12-20(15)25-2)22-17(13-23-28-22)14-6-7-19-21(11-14)27-9-4-8-26-19/h6-7,10-13,24H,3-5,8-9H2,1-2H3. The number of hydrogen-bond donors (Lipinski definition) is 1. The van der Waals surface area contributed by atoms with Crippen molar-refractivity contribution in [3.63, 3.8) is 0 Å². The molecule has 0 saturated heterocycles. The van der Waals surface area contributed by atoms with Crippen LogP contribution in [-0.4, -0.2) is 30.6 Å². The molecule has 0 bridgehead atoms. The molecule has 0 saturated carbocycles. The number of phenolic OH excluding ortho intramolecular Hbond substituents is 1. The summed E-state index contributed by atoms with van der Waals surface area (Å²) in [5, 5.41) is 14.6. The van der Waals surface area contributed by atoms with E-state index in [1.165, 1.54) is 0 Å². The van der Waals surface area contributed by atoms with Crippen LogP contribution >= 0.6 is 0 Å². The maximum Gasteiger partial charge on any atom is 0.178 e. The Morgan fingerprint density at radius 1 is 1.07 bits per heavy atom. The molecule has 0 spiro atoms. The summed E-state index contributed by atoms with van der Waals surface area (Å²) in [6.45, 7) is 3.36. The number of nitrogens with zero attached hydrogens (tertiary/aromatic N) is 1. The van der Waals surface area contributed by atoms with Crippen molar-refractivity contribution in [1.29, 1.82) is 0 Å². The maximum absolute atomic E-state index is 10.6. The number of aromatic hydroxyl groups is 1. The maximum atomic E-state index is 10.6. The molecule has 1 aliphatic heterocycles. The molecule has 0 fully saturated rings. The molecule has 0 unspecified atom stereocenters. The lowest BCUT2D eigenvalue weighted by molar-refractivity contribution is 0.297. The molecular weight excluding hydrogens is 358 g/mol. The third-order valence-corrected chi connectivity index (χ3v) is 4.79. The van der Waals surface area contributed by atoms with Crippen LogP contribution in [0.5, 0.6) is 23.0 Å². The lowest BCUT2D eigenvalue weighted by Gasteiger charge is -2.12. The van der Waals surface area contributed by atoms with Crippen LogP contribution < -0.4 is 14.2 Å².